The summed E-state index contributed by atoms with van der Waals surface area (Å²) in [5.74, 6) is -0.345. The van der Waals surface area contributed by atoms with Crippen molar-refractivity contribution in [3.63, 3.8) is 0 Å². The fourth-order valence-electron chi connectivity index (χ4n) is 1.95. The first-order chi connectivity index (χ1) is 10.1. The van der Waals surface area contributed by atoms with Crippen molar-refractivity contribution in [3.8, 4) is 0 Å². The molecule has 0 radical (unpaired) electrons. The molecule has 0 saturated heterocycles. The number of hydrogen-bond donors (Lipinski definition) is 2. The Labute approximate surface area is 127 Å². The Hall–Kier alpha value is -2.14. The van der Waals surface area contributed by atoms with Crippen LogP contribution in [0.25, 0.3) is 0 Å². The molecule has 1 amide bonds. The summed E-state index contributed by atoms with van der Waals surface area (Å²) in [5, 5.41) is 3.57. The maximum atomic E-state index is 12.1. The molecule has 0 aliphatic carbocycles. The molecule has 2 aromatic rings. The number of benzene rings is 1. The summed E-state index contributed by atoms with van der Waals surface area (Å²) in [6.07, 6.45) is 2.69. The van der Waals surface area contributed by atoms with Crippen molar-refractivity contribution >= 4 is 17.5 Å². The zero-order valence-corrected chi connectivity index (χ0v) is 12.4. The van der Waals surface area contributed by atoms with Gasteiger partial charge in [0, 0.05) is 17.1 Å². The molecular formula is C15H16ClN3O2. The molecule has 0 spiro atoms. The molecule has 1 unspecified atom stereocenters. The Bertz CT molecular complexity index is 667. The van der Waals surface area contributed by atoms with Gasteiger partial charge in [0.25, 0.3) is 11.5 Å². The zero-order valence-electron chi connectivity index (χ0n) is 11.6. The summed E-state index contributed by atoms with van der Waals surface area (Å²) in [6, 6.07) is 8.67. The standard InChI is InChI=1S/C15H16ClN3O2/c1-2-12(7-10-3-5-11(16)6-4-10)19-15(21)13-8-14(20)18-9-17-13/h3-6,8-9,12H,2,7H2,1H3,(H,19,21)(H,17,18,20). The average Bonchev–Trinajstić information content (AvgIpc) is 2.48. The molecule has 0 saturated carbocycles. The lowest BCUT2D eigenvalue weighted by molar-refractivity contribution is 0.0930. The molecule has 110 valence electrons. The van der Waals surface area contributed by atoms with Crippen molar-refractivity contribution in [2.24, 2.45) is 0 Å². The lowest BCUT2D eigenvalue weighted by atomic mass is 10.0. The first-order valence-corrected chi connectivity index (χ1v) is 7.06. The highest BCUT2D eigenvalue weighted by molar-refractivity contribution is 6.30. The third-order valence-electron chi connectivity index (χ3n) is 3.13. The second kappa shape index (κ2) is 7.04. The maximum absolute atomic E-state index is 12.1. The van der Waals surface area contributed by atoms with E-state index >= 15 is 0 Å². The summed E-state index contributed by atoms with van der Waals surface area (Å²) in [7, 11) is 0. The van der Waals surface area contributed by atoms with Crippen LogP contribution in [0.15, 0.2) is 41.5 Å². The van der Waals surface area contributed by atoms with Crippen LogP contribution < -0.4 is 10.9 Å². The van der Waals surface area contributed by atoms with Crippen molar-refractivity contribution in [2.75, 3.05) is 0 Å². The molecule has 1 aromatic carbocycles. The predicted molar refractivity (Wildman–Crippen MR) is 81.6 cm³/mol. The summed E-state index contributed by atoms with van der Waals surface area (Å²) in [5.41, 5.74) is 0.861. The second-order valence-corrected chi connectivity index (χ2v) is 5.14. The highest BCUT2D eigenvalue weighted by Gasteiger charge is 2.14. The Morgan fingerprint density at radius 1 is 1.38 bits per heavy atom. The van der Waals surface area contributed by atoms with Crippen LogP contribution in [0.1, 0.15) is 29.4 Å². The van der Waals surface area contributed by atoms with Gasteiger partial charge in [-0.05, 0) is 30.5 Å². The average molecular weight is 306 g/mol. The van der Waals surface area contributed by atoms with Gasteiger partial charge < -0.3 is 10.3 Å². The van der Waals surface area contributed by atoms with Gasteiger partial charge in [0.05, 0.1) is 6.33 Å². The third-order valence-corrected chi connectivity index (χ3v) is 3.39. The van der Waals surface area contributed by atoms with E-state index in [9.17, 15) is 9.59 Å². The largest absolute Gasteiger partial charge is 0.348 e. The Balaban J connectivity index is 2.03. The summed E-state index contributed by atoms with van der Waals surface area (Å²) < 4.78 is 0. The Morgan fingerprint density at radius 2 is 2.10 bits per heavy atom. The Kier molecular flexibility index (Phi) is 5.11. The van der Waals surface area contributed by atoms with Gasteiger partial charge in [-0.15, -0.1) is 0 Å². The van der Waals surface area contributed by atoms with Gasteiger partial charge in [0.1, 0.15) is 5.69 Å². The number of nitrogens with zero attached hydrogens (tertiary/aromatic N) is 1. The van der Waals surface area contributed by atoms with Crippen molar-refractivity contribution in [1.29, 1.82) is 0 Å². The predicted octanol–water partition coefficient (Wildman–Crippen LogP) is 2.17. The highest BCUT2D eigenvalue weighted by atomic mass is 35.5. The van der Waals surface area contributed by atoms with Crippen LogP contribution in [0.4, 0.5) is 0 Å². The minimum absolute atomic E-state index is 0.0280. The van der Waals surface area contributed by atoms with Gasteiger partial charge >= 0.3 is 0 Å². The normalized spacial score (nSPS) is 11.9. The topological polar surface area (TPSA) is 74.8 Å². The smallest absolute Gasteiger partial charge is 0.270 e. The van der Waals surface area contributed by atoms with E-state index in [0.29, 0.717) is 11.4 Å². The van der Waals surface area contributed by atoms with Gasteiger partial charge in [0.2, 0.25) is 0 Å². The van der Waals surface area contributed by atoms with Gasteiger partial charge in [-0.2, -0.15) is 0 Å². The molecule has 0 aliphatic heterocycles. The van der Waals surface area contributed by atoms with E-state index in [1.807, 2.05) is 31.2 Å². The summed E-state index contributed by atoms with van der Waals surface area (Å²) in [4.78, 5) is 29.5. The minimum Gasteiger partial charge on any atom is -0.348 e. The van der Waals surface area contributed by atoms with Crippen molar-refractivity contribution in [3.05, 3.63) is 63.3 Å². The fraction of sp³-hybridized carbons (Fsp3) is 0.267. The molecule has 1 aromatic heterocycles. The molecule has 6 heteroatoms. The van der Waals surface area contributed by atoms with Crippen LogP contribution in [0.5, 0.6) is 0 Å². The van der Waals surface area contributed by atoms with E-state index in [-0.39, 0.29) is 23.2 Å². The van der Waals surface area contributed by atoms with Crippen LogP contribution in [-0.4, -0.2) is 21.9 Å². The molecule has 21 heavy (non-hydrogen) atoms. The maximum Gasteiger partial charge on any atom is 0.270 e. The molecule has 2 N–H and O–H groups in total. The molecule has 1 atom stereocenters. The van der Waals surface area contributed by atoms with Crippen LogP contribution in [0.3, 0.4) is 0 Å². The van der Waals surface area contributed by atoms with Crippen LogP contribution in [0.2, 0.25) is 5.02 Å². The number of nitrogens with one attached hydrogen (secondary N) is 2. The van der Waals surface area contributed by atoms with Crippen molar-refractivity contribution in [2.45, 2.75) is 25.8 Å². The van der Waals surface area contributed by atoms with E-state index in [0.717, 1.165) is 12.0 Å². The fourth-order valence-corrected chi connectivity index (χ4v) is 2.08. The zero-order chi connectivity index (χ0) is 15.2. The second-order valence-electron chi connectivity index (χ2n) is 4.71. The molecule has 0 bridgehead atoms. The number of aromatic amines is 1. The third kappa shape index (κ3) is 4.43. The number of carbonyl (C=O) groups excluding carboxylic acids is 1. The number of amides is 1. The van der Waals surface area contributed by atoms with Gasteiger partial charge in [-0.3, -0.25) is 9.59 Å². The van der Waals surface area contributed by atoms with Gasteiger partial charge in [-0.1, -0.05) is 30.7 Å². The monoisotopic (exact) mass is 305 g/mol. The lowest BCUT2D eigenvalue weighted by Gasteiger charge is -2.16. The Morgan fingerprint density at radius 3 is 2.71 bits per heavy atom. The molecule has 1 heterocycles. The van der Waals surface area contributed by atoms with Crippen molar-refractivity contribution < 1.29 is 4.79 Å². The van der Waals surface area contributed by atoms with Crippen LogP contribution >= 0.6 is 11.6 Å². The summed E-state index contributed by atoms with van der Waals surface area (Å²) >= 11 is 5.85. The van der Waals surface area contributed by atoms with E-state index in [2.05, 4.69) is 15.3 Å². The SMILES string of the molecule is CCC(Cc1ccc(Cl)cc1)NC(=O)c1cc(=O)[nH]cn1. The quantitative estimate of drug-likeness (QED) is 0.889. The van der Waals surface area contributed by atoms with Crippen LogP contribution in [0, 0.1) is 0 Å². The van der Waals surface area contributed by atoms with Crippen LogP contribution in [-0.2, 0) is 6.42 Å². The number of rotatable bonds is 5. The molecular weight excluding hydrogens is 290 g/mol. The number of H-pyrrole nitrogens is 1. The lowest BCUT2D eigenvalue weighted by Crippen LogP contribution is -2.36. The molecule has 0 aliphatic rings. The number of aromatic nitrogens is 2. The number of hydrogen-bond acceptors (Lipinski definition) is 3. The number of halogens is 1. The van der Waals surface area contributed by atoms with Gasteiger partial charge in [0.15, 0.2) is 0 Å². The van der Waals surface area contributed by atoms with E-state index in [1.54, 1.807) is 0 Å². The summed E-state index contributed by atoms with van der Waals surface area (Å²) in [6.45, 7) is 1.99. The first-order valence-electron chi connectivity index (χ1n) is 6.68. The minimum atomic E-state index is -0.346. The molecule has 5 nitrogen and oxygen atoms in total. The molecule has 2 rings (SSSR count). The first kappa shape index (κ1) is 15.3. The van der Waals surface area contributed by atoms with E-state index in [1.165, 1.54) is 12.4 Å². The van der Waals surface area contributed by atoms with Crippen molar-refractivity contribution in [1.82, 2.24) is 15.3 Å². The van der Waals surface area contributed by atoms with E-state index < -0.39 is 0 Å². The van der Waals surface area contributed by atoms with Gasteiger partial charge in [-0.25, -0.2) is 4.98 Å². The highest BCUT2D eigenvalue weighted by Crippen LogP contribution is 2.12. The van der Waals surface area contributed by atoms with E-state index in [4.69, 9.17) is 11.6 Å². The molecule has 0 fully saturated rings. The number of carbonyl (C=O) groups is 1.